The summed E-state index contributed by atoms with van der Waals surface area (Å²) in [7, 11) is 0. The lowest BCUT2D eigenvalue weighted by molar-refractivity contribution is 0.0718. The Labute approximate surface area is 112 Å². The third-order valence-electron chi connectivity index (χ3n) is 5.30. The van der Waals surface area contributed by atoms with Crippen molar-refractivity contribution in [1.29, 1.82) is 0 Å². The summed E-state index contributed by atoms with van der Waals surface area (Å²) in [5.74, 6) is 0. The van der Waals surface area contributed by atoms with Crippen LogP contribution in [0.1, 0.15) is 46.0 Å². The predicted octanol–water partition coefficient (Wildman–Crippen LogP) is 1.96. The van der Waals surface area contributed by atoms with Gasteiger partial charge in [-0.25, -0.2) is 0 Å². The molecule has 2 aliphatic rings. The highest BCUT2D eigenvalue weighted by atomic mass is 16.3. The molecular weight excluding hydrogens is 224 g/mol. The molecule has 2 rings (SSSR count). The van der Waals surface area contributed by atoms with Crippen molar-refractivity contribution in [2.24, 2.45) is 5.41 Å². The first-order valence-corrected chi connectivity index (χ1v) is 7.80. The highest BCUT2D eigenvalue weighted by Gasteiger charge is 2.34. The fourth-order valence-electron chi connectivity index (χ4n) is 3.58. The van der Waals surface area contributed by atoms with Gasteiger partial charge in [0, 0.05) is 31.2 Å². The fraction of sp³-hybridized carbons (Fsp3) is 1.00. The van der Waals surface area contributed by atoms with Crippen molar-refractivity contribution in [1.82, 2.24) is 9.80 Å². The summed E-state index contributed by atoms with van der Waals surface area (Å²) in [5, 5.41) is 9.68. The normalized spacial score (nSPS) is 27.2. The molecule has 1 atom stereocenters. The molecule has 3 heteroatoms. The molecule has 2 aliphatic heterocycles. The van der Waals surface area contributed by atoms with Crippen molar-refractivity contribution in [3.8, 4) is 0 Å². The molecular formula is C15H30N2O. The third-order valence-corrected chi connectivity index (χ3v) is 5.30. The summed E-state index contributed by atoms with van der Waals surface area (Å²) >= 11 is 0. The van der Waals surface area contributed by atoms with Crippen LogP contribution in [-0.2, 0) is 0 Å². The van der Waals surface area contributed by atoms with E-state index >= 15 is 0 Å². The molecule has 0 aromatic heterocycles. The molecule has 2 fully saturated rings. The van der Waals surface area contributed by atoms with Gasteiger partial charge >= 0.3 is 0 Å². The monoisotopic (exact) mass is 254 g/mol. The Morgan fingerprint density at radius 2 is 1.78 bits per heavy atom. The minimum absolute atomic E-state index is 0.139. The Morgan fingerprint density at radius 3 is 2.33 bits per heavy atom. The van der Waals surface area contributed by atoms with Gasteiger partial charge in [-0.2, -0.15) is 0 Å². The van der Waals surface area contributed by atoms with Gasteiger partial charge < -0.3 is 10.0 Å². The molecule has 0 aromatic carbocycles. The van der Waals surface area contributed by atoms with Gasteiger partial charge in [-0.1, -0.05) is 13.8 Å². The summed E-state index contributed by atoms with van der Waals surface area (Å²) in [6.07, 6.45) is 6.28. The molecule has 1 unspecified atom stereocenters. The van der Waals surface area contributed by atoms with Gasteiger partial charge in [0.2, 0.25) is 0 Å². The first kappa shape index (κ1) is 14.3. The average Bonchev–Trinajstić information content (AvgIpc) is 3.07. The van der Waals surface area contributed by atoms with Gasteiger partial charge in [-0.15, -0.1) is 0 Å². The first-order chi connectivity index (χ1) is 8.73. The summed E-state index contributed by atoms with van der Waals surface area (Å²) in [6, 6.07) is 0.789. The number of hydrogen-bond donors (Lipinski definition) is 1. The molecule has 0 bridgehead atoms. The van der Waals surface area contributed by atoms with Gasteiger partial charge in [-0.05, 0) is 51.7 Å². The van der Waals surface area contributed by atoms with E-state index in [-0.39, 0.29) is 5.41 Å². The first-order valence-electron chi connectivity index (χ1n) is 7.80. The predicted molar refractivity (Wildman–Crippen MR) is 75.8 cm³/mol. The molecule has 106 valence electrons. The van der Waals surface area contributed by atoms with Crippen molar-refractivity contribution in [3.05, 3.63) is 0 Å². The van der Waals surface area contributed by atoms with E-state index in [9.17, 15) is 5.11 Å². The molecule has 3 nitrogen and oxygen atoms in total. The number of hydrogen-bond acceptors (Lipinski definition) is 3. The second kappa shape index (κ2) is 6.36. The van der Waals surface area contributed by atoms with E-state index in [1.54, 1.807) is 0 Å². The molecule has 0 saturated carbocycles. The second-order valence-electron chi connectivity index (χ2n) is 6.29. The highest BCUT2D eigenvalue weighted by Crippen LogP contribution is 2.29. The standard InChI is InChI=1S/C15H30N2O/c1-3-15(4-2,13-18)12-16-10-7-14(11-16)17-8-5-6-9-17/h14,18H,3-13H2,1-2H3. The maximum Gasteiger partial charge on any atom is 0.0499 e. The quantitative estimate of drug-likeness (QED) is 0.785. The minimum atomic E-state index is 0.139. The van der Waals surface area contributed by atoms with E-state index in [1.807, 2.05) is 0 Å². The second-order valence-corrected chi connectivity index (χ2v) is 6.29. The van der Waals surface area contributed by atoms with Crippen LogP contribution < -0.4 is 0 Å². The van der Waals surface area contributed by atoms with Gasteiger partial charge in [0.05, 0.1) is 0 Å². The van der Waals surface area contributed by atoms with Gasteiger partial charge in [-0.3, -0.25) is 4.90 Å². The number of likely N-dealkylation sites (tertiary alicyclic amines) is 2. The number of rotatable bonds is 6. The molecule has 0 radical (unpaired) electrons. The van der Waals surface area contributed by atoms with E-state index in [0.717, 1.165) is 25.4 Å². The number of aliphatic hydroxyl groups excluding tert-OH is 1. The molecule has 2 saturated heterocycles. The zero-order valence-corrected chi connectivity index (χ0v) is 12.2. The van der Waals surface area contributed by atoms with Crippen molar-refractivity contribution in [3.63, 3.8) is 0 Å². The van der Waals surface area contributed by atoms with Crippen LogP contribution in [0.3, 0.4) is 0 Å². The highest BCUT2D eigenvalue weighted by molar-refractivity contribution is 4.89. The largest absolute Gasteiger partial charge is 0.396 e. The van der Waals surface area contributed by atoms with Crippen LogP contribution in [0.2, 0.25) is 0 Å². The Morgan fingerprint density at radius 1 is 1.11 bits per heavy atom. The van der Waals surface area contributed by atoms with Crippen molar-refractivity contribution >= 4 is 0 Å². The van der Waals surface area contributed by atoms with Crippen LogP contribution in [0.15, 0.2) is 0 Å². The van der Waals surface area contributed by atoms with Gasteiger partial charge in [0.25, 0.3) is 0 Å². The van der Waals surface area contributed by atoms with E-state index in [4.69, 9.17) is 0 Å². The van der Waals surface area contributed by atoms with Crippen molar-refractivity contribution in [2.45, 2.75) is 52.0 Å². The molecule has 0 aliphatic carbocycles. The summed E-state index contributed by atoms with van der Waals surface area (Å²) in [6.45, 7) is 10.9. The maximum absolute atomic E-state index is 9.68. The van der Waals surface area contributed by atoms with Crippen LogP contribution in [-0.4, -0.2) is 60.3 Å². The summed E-state index contributed by atoms with van der Waals surface area (Å²) in [4.78, 5) is 5.27. The zero-order chi connectivity index (χ0) is 13.0. The molecule has 0 aromatic rings. The zero-order valence-electron chi connectivity index (χ0n) is 12.2. The maximum atomic E-state index is 9.68. The smallest absolute Gasteiger partial charge is 0.0499 e. The topological polar surface area (TPSA) is 26.7 Å². The van der Waals surface area contributed by atoms with Crippen molar-refractivity contribution in [2.75, 3.05) is 39.3 Å². The van der Waals surface area contributed by atoms with Crippen molar-refractivity contribution < 1.29 is 5.11 Å². The molecule has 1 N–H and O–H groups in total. The molecule has 0 amide bonds. The summed E-state index contributed by atoms with van der Waals surface area (Å²) in [5.41, 5.74) is 0.139. The van der Waals surface area contributed by atoms with E-state index in [1.165, 1.54) is 45.4 Å². The minimum Gasteiger partial charge on any atom is -0.396 e. The van der Waals surface area contributed by atoms with Crippen LogP contribution >= 0.6 is 0 Å². The van der Waals surface area contributed by atoms with Crippen LogP contribution in [0.5, 0.6) is 0 Å². The Balaban J connectivity index is 1.84. The Hall–Kier alpha value is -0.120. The van der Waals surface area contributed by atoms with Crippen LogP contribution in [0.4, 0.5) is 0 Å². The fourth-order valence-corrected chi connectivity index (χ4v) is 3.58. The summed E-state index contributed by atoms with van der Waals surface area (Å²) < 4.78 is 0. The average molecular weight is 254 g/mol. The Kier molecular flexibility index (Phi) is 5.05. The molecule has 2 heterocycles. The molecule has 18 heavy (non-hydrogen) atoms. The van der Waals surface area contributed by atoms with Gasteiger partial charge in [0.1, 0.15) is 0 Å². The lowest BCUT2D eigenvalue weighted by Crippen LogP contribution is -2.41. The lowest BCUT2D eigenvalue weighted by atomic mass is 9.83. The van der Waals surface area contributed by atoms with E-state index in [0.29, 0.717) is 6.61 Å². The van der Waals surface area contributed by atoms with E-state index < -0.39 is 0 Å². The van der Waals surface area contributed by atoms with Gasteiger partial charge in [0.15, 0.2) is 0 Å². The van der Waals surface area contributed by atoms with Crippen LogP contribution in [0.25, 0.3) is 0 Å². The third kappa shape index (κ3) is 3.06. The SMILES string of the molecule is CCC(CC)(CO)CN1CCC(N2CCCC2)C1. The Bertz CT molecular complexity index is 239. The number of nitrogens with zero attached hydrogens (tertiary/aromatic N) is 2. The van der Waals surface area contributed by atoms with E-state index in [2.05, 4.69) is 23.6 Å². The molecule has 0 spiro atoms. The van der Waals surface area contributed by atoms with Crippen LogP contribution in [0, 0.1) is 5.41 Å². The number of aliphatic hydroxyl groups is 1. The lowest BCUT2D eigenvalue weighted by Gasteiger charge is -2.34.